The maximum absolute atomic E-state index is 9.41. The third kappa shape index (κ3) is 7.33. The van der Waals surface area contributed by atoms with Crippen LogP contribution in [0.15, 0.2) is 49.0 Å². The number of pyridine rings is 1. The molecule has 0 fully saturated rings. The minimum Gasteiger partial charge on any atom is -0.508 e. The van der Waals surface area contributed by atoms with E-state index in [4.69, 9.17) is 19.4 Å². The molecule has 41 heavy (non-hydrogen) atoms. The fourth-order valence-corrected chi connectivity index (χ4v) is 6.31. The van der Waals surface area contributed by atoms with Gasteiger partial charge in [-0.25, -0.2) is 0 Å². The summed E-state index contributed by atoms with van der Waals surface area (Å²) in [7, 11) is 4.85. The minimum absolute atomic E-state index is 0.216. The third-order valence-corrected chi connectivity index (χ3v) is 8.01. The van der Waals surface area contributed by atoms with Crippen LogP contribution in [0, 0.1) is 20.8 Å². The maximum Gasteiger partial charge on any atom is 0.360 e. The molecule has 218 valence electrons. The molecular formula is C36H50BClN2O+2. The van der Waals surface area contributed by atoms with Gasteiger partial charge >= 0.3 is 5.66 Å². The van der Waals surface area contributed by atoms with Gasteiger partial charge in [0.25, 0.3) is 11.4 Å². The van der Waals surface area contributed by atoms with Crippen molar-refractivity contribution in [3.8, 4) is 5.75 Å². The first kappa shape index (κ1) is 34.4. The first-order valence-corrected chi connectivity index (χ1v) is 15.3. The van der Waals surface area contributed by atoms with Crippen molar-refractivity contribution < 1.29 is 14.2 Å². The zero-order chi connectivity index (χ0) is 31.1. The zero-order valence-corrected chi connectivity index (χ0v) is 27.8. The van der Waals surface area contributed by atoms with Gasteiger partial charge in [0.15, 0.2) is 0 Å². The molecule has 0 spiro atoms. The molecular weight excluding hydrogens is 523 g/mol. The molecule has 1 N–H and O–H groups in total. The fourth-order valence-electron chi connectivity index (χ4n) is 5.93. The van der Waals surface area contributed by atoms with Crippen molar-refractivity contribution in [3.05, 3.63) is 93.3 Å². The normalized spacial score (nSPS) is 15.5. The van der Waals surface area contributed by atoms with Crippen molar-refractivity contribution in [2.45, 2.75) is 107 Å². The van der Waals surface area contributed by atoms with Crippen molar-refractivity contribution in [2.75, 3.05) is 0 Å². The molecule has 2 radical (unpaired) electrons. The minimum atomic E-state index is -0.216. The van der Waals surface area contributed by atoms with Crippen molar-refractivity contribution >= 4 is 36.4 Å². The molecule has 0 aliphatic carbocycles. The Kier molecular flexibility index (Phi) is 12.5. The van der Waals surface area contributed by atoms with Crippen LogP contribution in [0.5, 0.6) is 5.75 Å². The zero-order valence-electron chi connectivity index (χ0n) is 27.1. The van der Waals surface area contributed by atoms with E-state index in [-0.39, 0.29) is 5.66 Å². The summed E-state index contributed by atoms with van der Waals surface area (Å²) in [4.78, 5) is 0. The van der Waals surface area contributed by atoms with E-state index < -0.39 is 0 Å². The monoisotopic (exact) mass is 572 g/mol. The number of aromatic hydroxyl groups is 1. The van der Waals surface area contributed by atoms with Crippen molar-refractivity contribution in [3.63, 3.8) is 0 Å². The molecule has 0 amide bonds. The van der Waals surface area contributed by atoms with Gasteiger partial charge in [-0.05, 0) is 93.5 Å². The molecule has 4 rings (SSSR count). The third-order valence-electron chi connectivity index (χ3n) is 7.72. The molecule has 1 aliphatic heterocycles. The predicted molar refractivity (Wildman–Crippen MR) is 178 cm³/mol. The fraction of sp³-hybridized carbons (Fsp3) is 0.444. The Morgan fingerprint density at radius 1 is 0.951 bits per heavy atom. The number of fused-ring (bicyclic) bond motifs is 1. The summed E-state index contributed by atoms with van der Waals surface area (Å²) in [5.41, 5.74) is 11.6. The van der Waals surface area contributed by atoms with E-state index in [0.29, 0.717) is 5.75 Å². The topological polar surface area (TPSA) is 27.1 Å². The number of aryl methyl sites for hydroxylation is 4. The Morgan fingerprint density at radius 3 is 2.05 bits per heavy atom. The first-order valence-electron chi connectivity index (χ1n) is 15.0. The van der Waals surface area contributed by atoms with Gasteiger partial charge in [-0.2, -0.15) is 0 Å². The summed E-state index contributed by atoms with van der Waals surface area (Å²) in [6.07, 6.45) is 4.81. The van der Waals surface area contributed by atoms with Crippen molar-refractivity contribution in [1.29, 1.82) is 0 Å². The molecule has 3 aromatic rings. The second-order valence-corrected chi connectivity index (χ2v) is 11.6. The van der Waals surface area contributed by atoms with Crippen LogP contribution in [0.3, 0.4) is 0 Å². The van der Waals surface area contributed by atoms with Crippen LogP contribution in [0.4, 0.5) is 5.69 Å². The number of phenols is 1. The smallest absolute Gasteiger partial charge is 0.360 e. The van der Waals surface area contributed by atoms with Gasteiger partial charge in [0.05, 0.1) is 21.2 Å². The molecule has 0 saturated heterocycles. The number of rotatable bonds is 6. The lowest BCUT2D eigenvalue weighted by Gasteiger charge is -2.21. The van der Waals surface area contributed by atoms with E-state index in [2.05, 4.69) is 101 Å². The SMILES string of the molecule is C=C(C)c1cccc2[n+]1C(C)(CCC)[N+](c1c(Cl)cc(C)cc1CC)=C2C.CCc1cc(C)cc(O)c1C.[B]CC. The summed E-state index contributed by atoms with van der Waals surface area (Å²) >= 11 is 6.85. The summed E-state index contributed by atoms with van der Waals surface area (Å²) in [6.45, 7) is 25.4. The molecule has 1 aliphatic rings. The van der Waals surface area contributed by atoms with Crippen molar-refractivity contribution in [1.82, 2.24) is 0 Å². The van der Waals surface area contributed by atoms with E-state index >= 15 is 0 Å². The summed E-state index contributed by atoms with van der Waals surface area (Å²) in [5.74, 6) is 0.418. The van der Waals surface area contributed by atoms with E-state index in [0.717, 1.165) is 59.4 Å². The highest BCUT2D eigenvalue weighted by atomic mass is 35.5. The molecule has 2 heterocycles. The average Bonchev–Trinajstić information content (AvgIpc) is 3.13. The van der Waals surface area contributed by atoms with E-state index in [1.807, 2.05) is 20.8 Å². The van der Waals surface area contributed by atoms with Crippen LogP contribution in [0.2, 0.25) is 11.3 Å². The molecule has 5 heteroatoms. The number of aromatic nitrogens is 1. The standard InChI is InChI=1S/C24H31ClN2.C10H14O.C2H5B/c1-8-13-24(7)26(23-19(9-2)14-17(5)15-20(23)25)18(6)22-12-10-11-21(16(3)4)27(22)24;1-4-9-5-7(2)6-10(11)8(9)3;1-2-3/h10-12,14-15H,3,8-9,13H2,1-2,4-7H3;5-6,11H,4H2,1-3H3;2H2,1H3/q+2;;. The number of hydrogen-bond donors (Lipinski definition) is 1. The Morgan fingerprint density at radius 2 is 1.51 bits per heavy atom. The van der Waals surface area contributed by atoms with Crippen LogP contribution in [0.25, 0.3) is 5.57 Å². The van der Waals surface area contributed by atoms with Crippen LogP contribution in [-0.2, 0) is 18.5 Å². The summed E-state index contributed by atoms with van der Waals surface area (Å²) in [6, 6.07) is 14.8. The average molecular weight is 573 g/mol. The quantitative estimate of drug-likeness (QED) is 0.231. The second-order valence-electron chi connectivity index (χ2n) is 11.2. The summed E-state index contributed by atoms with van der Waals surface area (Å²) < 4.78 is 4.93. The van der Waals surface area contributed by atoms with Gasteiger partial charge in [0.2, 0.25) is 11.4 Å². The van der Waals surface area contributed by atoms with Crippen LogP contribution in [-0.4, -0.2) is 23.2 Å². The number of benzene rings is 2. The number of hydrogen-bond acceptors (Lipinski definition) is 1. The van der Waals surface area contributed by atoms with E-state index in [1.165, 1.54) is 33.8 Å². The highest BCUT2D eigenvalue weighted by molar-refractivity contribution is 6.33. The van der Waals surface area contributed by atoms with Gasteiger partial charge in [-0.3, -0.25) is 0 Å². The molecule has 0 saturated carbocycles. The molecule has 3 nitrogen and oxygen atoms in total. The van der Waals surface area contributed by atoms with Gasteiger partial charge in [-0.15, -0.1) is 9.14 Å². The highest BCUT2D eigenvalue weighted by Gasteiger charge is 2.57. The first-order chi connectivity index (χ1) is 19.3. The van der Waals surface area contributed by atoms with E-state index in [9.17, 15) is 5.11 Å². The molecule has 1 atom stereocenters. The van der Waals surface area contributed by atoms with Crippen LogP contribution >= 0.6 is 11.6 Å². The lowest BCUT2D eigenvalue weighted by molar-refractivity contribution is -0.893. The molecule has 0 bridgehead atoms. The van der Waals surface area contributed by atoms with E-state index in [1.54, 1.807) is 6.07 Å². The van der Waals surface area contributed by atoms with Crippen molar-refractivity contribution in [2.24, 2.45) is 0 Å². The van der Waals surface area contributed by atoms with Crippen LogP contribution in [0.1, 0.15) is 101 Å². The maximum atomic E-state index is 9.41. The number of nitrogens with zero attached hydrogens (tertiary/aromatic N) is 2. The summed E-state index contributed by atoms with van der Waals surface area (Å²) in [5, 5.41) is 10.2. The number of halogens is 1. The lowest BCUT2D eigenvalue weighted by Crippen LogP contribution is -2.59. The Hall–Kier alpha value is -2.85. The van der Waals surface area contributed by atoms with Gasteiger partial charge < -0.3 is 5.11 Å². The molecule has 1 aromatic heterocycles. The second kappa shape index (κ2) is 14.9. The Bertz CT molecular complexity index is 1430. The highest BCUT2D eigenvalue weighted by Crippen LogP contribution is 2.40. The van der Waals surface area contributed by atoms with Crippen LogP contribution < -0.4 is 4.57 Å². The Balaban J connectivity index is 0.000000349. The van der Waals surface area contributed by atoms with Gasteiger partial charge in [0, 0.05) is 30.2 Å². The largest absolute Gasteiger partial charge is 0.508 e. The number of allylic oxidation sites excluding steroid dienone is 1. The predicted octanol–water partition coefficient (Wildman–Crippen LogP) is 9.34. The molecule has 2 aromatic carbocycles. The van der Waals surface area contributed by atoms with Gasteiger partial charge in [-0.1, -0.05) is 58.3 Å². The van der Waals surface area contributed by atoms with Gasteiger partial charge in [0.1, 0.15) is 10.8 Å². The Labute approximate surface area is 256 Å². The molecule has 1 unspecified atom stereocenters. The lowest BCUT2D eigenvalue weighted by atomic mass is 10.0. The number of phenolic OH excluding ortho intramolecular Hbond substituents is 1.